The minimum Gasteiger partial charge on any atom is -0.457 e. The zero-order valence-corrected chi connectivity index (χ0v) is 17.8. The van der Waals surface area contributed by atoms with Gasteiger partial charge >= 0.3 is 0 Å². The van der Waals surface area contributed by atoms with Crippen LogP contribution in [0.3, 0.4) is 0 Å². The lowest BCUT2D eigenvalue weighted by Crippen LogP contribution is -3.22. The number of hydrogen-bond acceptors (Lipinski definition) is 2. The molecule has 2 aliphatic heterocycles. The van der Waals surface area contributed by atoms with Gasteiger partial charge in [0.05, 0.1) is 25.6 Å². The lowest BCUT2D eigenvalue weighted by molar-refractivity contribution is -0.957. The molecule has 0 bridgehead atoms. The molecule has 3 aliphatic rings. The average Bonchev–Trinajstić information content (AvgIpc) is 2.82. The number of likely N-dealkylation sites (tertiary alicyclic amines) is 1. The molecule has 2 fully saturated rings. The first-order valence-corrected chi connectivity index (χ1v) is 11.8. The summed E-state index contributed by atoms with van der Waals surface area (Å²) < 4.78 is 6.08. The van der Waals surface area contributed by atoms with Crippen LogP contribution < -0.4 is 15.0 Å². The lowest BCUT2D eigenvalue weighted by Gasteiger charge is -2.45. The van der Waals surface area contributed by atoms with E-state index in [0.717, 1.165) is 29.2 Å². The molecule has 158 valence electrons. The van der Waals surface area contributed by atoms with Gasteiger partial charge in [-0.1, -0.05) is 42.8 Å². The number of piperidine rings is 1. The first-order valence-electron chi connectivity index (χ1n) is 11.8. The summed E-state index contributed by atoms with van der Waals surface area (Å²) in [5, 5.41) is 3.43. The molecule has 1 aliphatic carbocycles. The zero-order chi connectivity index (χ0) is 20.4. The van der Waals surface area contributed by atoms with Gasteiger partial charge in [-0.2, -0.15) is 0 Å². The summed E-state index contributed by atoms with van der Waals surface area (Å²) in [7, 11) is 0. The van der Waals surface area contributed by atoms with Crippen LogP contribution in [0.1, 0.15) is 68.4 Å². The molecule has 0 aromatic heterocycles. The molecule has 4 heteroatoms. The highest BCUT2D eigenvalue weighted by Gasteiger charge is 2.43. The van der Waals surface area contributed by atoms with E-state index in [-0.39, 0.29) is 17.4 Å². The van der Waals surface area contributed by atoms with Gasteiger partial charge in [0.1, 0.15) is 17.0 Å². The topological polar surface area (TPSA) is 42.8 Å². The number of rotatable bonds is 4. The maximum absolute atomic E-state index is 13.6. The number of benzene rings is 2. The van der Waals surface area contributed by atoms with Crippen molar-refractivity contribution in [1.82, 2.24) is 5.32 Å². The number of hydrogen-bond donors (Lipinski definition) is 2. The molecule has 2 aromatic rings. The third-order valence-corrected chi connectivity index (χ3v) is 7.56. The first kappa shape index (κ1) is 19.6. The largest absolute Gasteiger partial charge is 0.457 e. The SMILES string of the molecule is O=C(NCC1([NH+]2CCCCC2)CCCCC1)C1c2ccccc2Oc2ccccc21. The van der Waals surface area contributed by atoms with Gasteiger partial charge in [0.25, 0.3) is 0 Å². The number of para-hydroxylation sites is 2. The highest BCUT2D eigenvalue weighted by atomic mass is 16.5. The van der Waals surface area contributed by atoms with Crippen LogP contribution >= 0.6 is 0 Å². The third-order valence-electron chi connectivity index (χ3n) is 7.56. The van der Waals surface area contributed by atoms with E-state index >= 15 is 0 Å². The van der Waals surface area contributed by atoms with E-state index in [1.54, 1.807) is 4.90 Å². The Morgan fingerprint density at radius 3 is 2.07 bits per heavy atom. The molecule has 5 rings (SSSR count). The van der Waals surface area contributed by atoms with Gasteiger partial charge in [-0.05, 0) is 44.2 Å². The van der Waals surface area contributed by atoms with Crippen LogP contribution in [0.15, 0.2) is 48.5 Å². The van der Waals surface area contributed by atoms with Gasteiger partial charge in [-0.15, -0.1) is 0 Å². The monoisotopic (exact) mass is 405 g/mol. The minimum absolute atomic E-state index is 0.111. The molecule has 2 N–H and O–H groups in total. The third kappa shape index (κ3) is 3.62. The van der Waals surface area contributed by atoms with Gasteiger partial charge in [0, 0.05) is 24.0 Å². The van der Waals surface area contributed by atoms with Crippen LogP contribution in [0.25, 0.3) is 0 Å². The number of fused-ring (bicyclic) bond motifs is 2. The zero-order valence-electron chi connectivity index (χ0n) is 17.8. The predicted molar refractivity (Wildman–Crippen MR) is 118 cm³/mol. The predicted octanol–water partition coefficient (Wildman–Crippen LogP) is 3.81. The quantitative estimate of drug-likeness (QED) is 0.812. The fourth-order valence-corrected chi connectivity index (χ4v) is 5.94. The summed E-state index contributed by atoms with van der Waals surface area (Å²) in [6.45, 7) is 3.32. The number of amides is 1. The highest BCUT2D eigenvalue weighted by molar-refractivity contribution is 5.89. The van der Waals surface area contributed by atoms with Gasteiger partial charge < -0.3 is 15.0 Å². The van der Waals surface area contributed by atoms with Gasteiger partial charge in [-0.25, -0.2) is 0 Å². The van der Waals surface area contributed by atoms with Crippen LogP contribution in [0, 0.1) is 0 Å². The molecule has 0 atom stereocenters. The normalized spacial score (nSPS) is 21.2. The summed E-state index contributed by atoms with van der Waals surface area (Å²) in [6.07, 6.45) is 10.4. The molecule has 30 heavy (non-hydrogen) atoms. The van der Waals surface area contributed by atoms with Crippen molar-refractivity contribution in [2.75, 3.05) is 19.6 Å². The summed E-state index contributed by atoms with van der Waals surface area (Å²) >= 11 is 0. The Bertz CT molecular complexity index is 852. The van der Waals surface area contributed by atoms with E-state index in [4.69, 9.17) is 4.74 Å². The lowest BCUT2D eigenvalue weighted by atomic mass is 9.78. The Morgan fingerprint density at radius 2 is 1.43 bits per heavy atom. The average molecular weight is 406 g/mol. The van der Waals surface area contributed by atoms with Crippen molar-refractivity contribution in [3.63, 3.8) is 0 Å². The van der Waals surface area contributed by atoms with Crippen molar-refractivity contribution in [2.45, 2.75) is 62.8 Å². The molecule has 2 heterocycles. The van der Waals surface area contributed by atoms with Gasteiger partial charge in [-0.3, -0.25) is 4.79 Å². The van der Waals surface area contributed by atoms with Crippen LogP contribution in [-0.4, -0.2) is 31.1 Å². The molecule has 1 saturated carbocycles. The fraction of sp³-hybridized carbons (Fsp3) is 0.500. The van der Waals surface area contributed by atoms with Crippen molar-refractivity contribution >= 4 is 5.91 Å². The molecular formula is C26H33N2O2+. The van der Waals surface area contributed by atoms with Crippen LogP contribution in [-0.2, 0) is 4.79 Å². The van der Waals surface area contributed by atoms with Crippen molar-refractivity contribution in [2.24, 2.45) is 0 Å². The summed E-state index contributed by atoms with van der Waals surface area (Å²) in [5.74, 6) is 1.40. The Kier molecular flexibility index (Phi) is 5.51. The molecule has 1 saturated heterocycles. The second-order valence-electron chi connectivity index (χ2n) is 9.33. The molecule has 0 radical (unpaired) electrons. The fourth-order valence-electron chi connectivity index (χ4n) is 5.94. The Balaban J connectivity index is 1.40. The van der Waals surface area contributed by atoms with E-state index in [9.17, 15) is 4.79 Å². The summed E-state index contributed by atoms with van der Waals surface area (Å²) in [5.41, 5.74) is 2.16. The molecule has 0 unspecified atom stereocenters. The highest BCUT2D eigenvalue weighted by Crippen LogP contribution is 2.44. The molecule has 2 aromatic carbocycles. The second-order valence-corrected chi connectivity index (χ2v) is 9.33. The molecule has 1 amide bonds. The second kappa shape index (κ2) is 8.43. The maximum atomic E-state index is 13.6. The van der Waals surface area contributed by atoms with Crippen molar-refractivity contribution in [3.8, 4) is 11.5 Å². The van der Waals surface area contributed by atoms with Crippen molar-refractivity contribution in [3.05, 3.63) is 59.7 Å². The summed E-state index contributed by atoms with van der Waals surface area (Å²) in [6, 6.07) is 15.9. The van der Waals surface area contributed by atoms with Crippen LogP contribution in [0.2, 0.25) is 0 Å². The Morgan fingerprint density at radius 1 is 0.867 bits per heavy atom. The number of nitrogens with one attached hydrogen (secondary N) is 2. The smallest absolute Gasteiger partial charge is 0.232 e. The van der Waals surface area contributed by atoms with E-state index in [2.05, 4.69) is 5.32 Å². The minimum atomic E-state index is -0.303. The van der Waals surface area contributed by atoms with E-state index < -0.39 is 0 Å². The number of ether oxygens (including phenoxy) is 1. The van der Waals surface area contributed by atoms with Crippen molar-refractivity contribution < 1.29 is 14.4 Å². The maximum Gasteiger partial charge on any atom is 0.232 e. The molecule has 4 nitrogen and oxygen atoms in total. The Hall–Kier alpha value is -2.33. The summed E-state index contributed by atoms with van der Waals surface area (Å²) in [4.78, 5) is 15.4. The van der Waals surface area contributed by atoms with Crippen LogP contribution in [0.4, 0.5) is 0 Å². The number of carbonyl (C=O) groups excluding carboxylic acids is 1. The molecular weight excluding hydrogens is 372 g/mol. The number of quaternary nitrogens is 1. The van der Waals surface area contributed by atoms with E-state index in [1.165, 1.54) is 64.5 Å². The standard InChI is InChI=1S/C26H32N2O2/c29-25(27-19-26(15-7-1-8-16-26)28-17-9-2-10-18-28)24-20-11-3-5-13-22(20)30-23-14-6-4-12-21(23)24/h3-6,11-14,24H,1-2,7-10,15-19H2,(H,27,29)/p+1. The number of carbonyl (C=O) groups is 1. The van der Waals surface area contributed by atoms with Gasteiger partial charge in [0.15, 0.2) is 0 Å². The Labute approximate surface area is 179 Å². The first-order chi connectivity index (χ1) is 14.8. The van der Waals surface area contributed by atoms with Crippen molar-refractivity contribution in [1.29, 1.82) is 0 Å². The van der Waals surface area contributed by atoms with Crippen LogP contribution in [0.5, 0.6) is 11.5 Å². The van der Waals surface area contributed by atoms with E-state index in [0.29, 0.717) is 0 Å². The van der Waals surface area contributed by atoms with E-state index in [1.807, 2.05) is 48.5 Å². The molecule has 0 spiro atoms. The van der Waals surface area contributed by atoms with Gasteiger partial charge in [0.2, 0.25) is 5.91 Å².